The number of rotatable bonds is 21. The Balaban J connectivity index is 0.000000161. The van der Waals surface area contributed by atoms with E-state index in [1.54, 1.807) is 74.5 Å². The van der Waals surface area contributed by atoms with Gasteiger partial charge in [-0.25, -0.2) is 33.7 Å². The number of sulfonamides is 4. The molecule has 0 fully saturated rings. The first-order chi connectivity index (χ1) is 49.0. The standard InChI is InChI=1S/C19H21NO5S.C18H19NO5S2.C17H17N3O4S2.C17H15NO6S2/c1-19(2,3)18(21)13-4-7-15(8-5-13)26(22,23)20-14-6-9-16-17(12-14)25-11-10-24-16;1-18(2,25)17(20)12-3-5-13(6-4-12)19-26(21,22)14-7-8-15-16(11-14)24-10-9-23-15;1-11(21)25-9-17(22)12-2-4-13(5-3-12)20-26(23,24)14-6-7-15-16(8-14)19-10-18-15;1-11(19)25-9-15(20)12-2-4-13(5-3-12)18-26(21,22)14-6-7-16-17(8-14)24-10-23-16/h4-9,12,20H,10-11H2,1-3H3;3-8,11,19,25H,9-10H2,1-2H3;2-8,18-20H,9-10H2,1H3;2-8,18H,9-10H2,1H3. The van der Waals surface area contributed by atoms with Crippen molar-refractivity contribution in [1.29, 1.82) is 0 Å². The van der Waals surface area contributed by atoms with Gasteiger partial charge in [-0.1, -0.05) is 56.4 Å². The number of carbonyl (C=O) groups is 6. The monoisotopic (exact) mass is 1550 g/mol. The second-order valence-corrected chi connectivity index (χ2v) is 34.6. The molecule has 104 heavy (non-hydrogen) atoms. The molecule has 0 spiro atoms. The number of anilines is 6. The van der Waals surface area contributed by atoms with Gasteiger partial charge in [0.05, 0.1) is 59.6 Å². The van der Waals surface area contributed by atoms with Crippen molar-refractivity contribution < 1.29 is 90.9 Å². The maximum Gasteiger partial charge on any atom is 0.262 e. The largest absolute Gasteiger partial charge is 0.486 e. The number of fused-ring (bicyclic) bond motifs is 4. The second-order valence-electron chi connectivity index (χ2n) is 24.5. The van der Waals surface area contributed by atoms with E-state index in [0.29, 0.717) is 113 Å². The molecule has 8 aromatic rings. The van der Waals surface area contributed by atoms with Gasteiger partial charge in [-0.05, 0) is 153 Å². The van der Waals surface area contributed by atoms with Crippen LogP contribution in [0.4, 0.5) is 34.1 Å². The van der Waals surface area contributed by atoms with Crippen molar-refractivity contribution in [2.45, 2.75) is 72.8 Å². The van der Waals surface area contributed by atoms with Gasteiger partial charge in [0.1, 0.15) is 26.4 Å². The highest BCUT2D eigenvalue weighted by Gasteiger charge is 2.28. The molecule has 0 radical (unpaired) electrons. The zero-order chi connectivity index (χ0) is 75.4. The number of ether oxygens (including phenoxy) is 6. The molecule has 8 aromatic carbocycles. The van der Waals surface area contributed by atoms with Crippen molar-refractivity contribution in [3.63, 3.8) is 0 Å². The highest BCUT2D eigenvalue weighted by molar-refractivity contribution is 8.14. The maximum atomic E-state index is 12.6. The molecule has 548 valence electrons. The molecule has 0 aliphatic carbocycles. The molecule has 0 unspecified atom stereocenters. The van der Waals surface area contributed by atoms with E-state index in [-0.39, 0.29) is 71.2 Å². The Morgan fingerprint density at radius 2 is 0.712 bits per heavy atom. The molecule has 33 heteroatoms. The zero-order valence-electron chi connectivity index (χ0n) is 56.9. The van der Waals surface area contributed by atoms with Gasteiger partial charge in [-0.15, -0.1) is 0 Å². The summed E-state index contributed by atoms with van der Waals surface area (Å²) in [6.45, 7) is 14.0. The van der Waals surface area contributed by atoms with Crippen molar-refractivity contribution >= 4 is 144 Å². The van der Waals surface area contributed by atoms with E-state index in [2.05, 4.69) is 42.2 Å². The number of benzene rings is 8. The fourth-order valence-corrected chi connectivity index (χ4v) is 15.0. The lowest BCUT2D eigenvalue weighted by atomic mass is 9.87. The number of thiol groups is 1. The summed E-state index contributed by atoms with van der Waals surface area (Å²) >= 11 is 6.14. The smallest absolute Gasteiger partial charge is 0.262 e. The van der Waals surface area contributed by atoms with Crippen molar-refractivity contribution in [2.24, 2.45) is 5.41 Å². The number of Topliss-reactive ketones (excluding diaryl/α,β-unsaturated/α-hetero) is 4. The topological polar surface area (TPSA) is 367 Å². The molecule has 4 aliphatic rings. The molecule has 4 aliphatic heterocycles. The second kappa shape index (κ2) is 33.3. The summed E-state index contributed by atoms with van der Waals surface area (Å²) < 4.78 is 142. The SMILES string of the molecule is CC(=O)SCC(=O)c1ccc(NS(=O)(=O)c2ccc3c(c2)NCN3)cc1.CC(=O)SCC(=O)c1ccc(NS(=O)(=O)c2ccc3c(c2)OCO3)cc1.CC(C)(C)C(=O)c1ccc(S(=O)(=O)Nc2ccc3c(c2)OCCO3)cc1.CC(C)(S)C(=O)c1ccc(NS(=O)(=O)c2ccc3c(c2)OCCO3)cc1. The predicted octanol–water partition coefficient (Wildman–Crippen LogP) is 12.1. The number of hydrogen-bond donors (Lipinski definition) is 7. The lowest BCUT2D eigenvalue weighted by Crippen LogP contribution is -2.24. The predicted molar refractivity (Wildman–Crippen MR) is 401 cm³/mol. The van der Waals surface area contributed by atoms with Gasteiger partial charge in [0.2, 0.25) is 6.79 Å². The van der Waals surface area contributed by atoms with E-state index in [4.69, 9.17) is 28.4 Å². The fourth-order valence-electron chi connectivity index (χ4n) is 9.63. The summed E-state index contributed by atoms with van der Waals surface area (Å²) in [6.07, 6.45) is 0. The number of ketones is 4. The molecular weight excluding hydrogens is 1480 g/mol. The van der Waals surface area contributed by atoms with Crippen LogP contribution < -0.4 is 57.9 Å². The number of carbonyl (C=O) groups excluding carboxylic acids is 6. The molecule has 6 N–H and O–H groups in total. The van der Waals surface area contributed by atoms with Gasteiger partial charge in [-0.3, -0.25) is 47.7 Å². The van der Waals surface area contributed by atoms with Crippen LogP contribution in [0.2, 0.25) is 0 Å². The Morgan fingerprint density at radius 3 is 1.16 bits per heavy atom. The summed E-state index contributed by atoms with van der Waals surface area (Å²) in [4.78, 5) is 70.5. The van der Waals surface area contributed by atoms with Crippen LogP contribution in [0, 0.1) is 5.41 Å². The van der Waals surface area contributed by atoms with Gasteiger partial charge in [0.25, 0.3) is 40.1 Å². The van der Waals surface area contributed by atoms with Crippen LogP contribution in [0.15, 0.2) is 189 Å². The normalized spacial score (nSPS) is 13.3. The van der Waals surface area contributed by atoms with Crippen molar-refractivity contribution in [1.82, 2.24) is 0 Å². The van der Waals surface area contributed by atoms with Gasteiger partial charge in [0, 0.05) is 76.8 Å². The Hall–Kier alpha value is -9.77. The third-order valence-corrected chi connectivity index (χ3v) is 22.3. The van der Waals surface area contributed by atoms with Crippen LogP contribution in [-0.2, 0) is 49.7 Å². The molecule has 26 nitrogen and oxygen atoms in total. The van der Waals surface area contributed by atoms with E-state index in [1.165, 1.54) is 123 Å². The summed E-state index contributed by atoms with van der Waals surface area (Å²) in [5.74, 6) is 2.44. The highest BCUT2D eigenvalue weighted by atomic mass is 32.2. The van der Waals surface area contributed by atoms with Crippen LogP contribution in [0.5, 0.6) is 34.5 Å². The Bertz CT molecular complexity index is 4880. The highest BCUT2D eigenvalue weighted by Crippen LogP contribution is 2.37. The van der Waals surface area contributed by atoms with Crippen LogP contribution >= 0.6 is 36.2 Å². The first-order valence-electron chi connectivity index (χ1n) is 31.5. The van der Waals surface area contributed by atoms with Crippen LogP contribution in [-0.4, -0.2) is 123 Å². The van der Waals surface area contributed by atoms with E-state index in [0.717, 1.165) is 34.9 Å². The molecule has 12 rings (SSSR count). The summed E-state index contributed by atoms with van der Waals surface area (Å²) in [5.41, 5.74) is 4.25. The summed E-state index contributed by atoms with van der Waals surface area (Å²) in [7, 11) is -15.1. The first kappa shape index (κ1) is 78.4. The molecule has 0 amide bonds. The number of nitrogens with one attached hydrogen (secondary N) is 6. The average Bonchev–Trinajstić information content (AvgIpc) is 0.976. The first-order valence-corrected chi connectivity index (χ1v) is 39.9. The Labute approximate surface area is 616 Å². The van der Waals surface area contributed by atoms with Crippen molar-refractivity contribution in [3.8, 4) is 34.5 Å². The van der Waals surface area contributed by atoms with E-state index in [1.807, 2.05) is 20.8 Å². The van der Waals surface area contributed by atoms with Crippen LogP contribution in [0.25, 0.3) is 0 Å². The van der Waals surface area contributed by atoms with Gasteiger partial charge < -0.3 is 39.1 Å². The molecule has 4 heterocycles. The van der Waals surface area contributed by atoms with E-state index in [9.17, 15) is 62.4 Å². The Kier molecular flexibility index (Phi) is 25.1. The minimum Gasteiger partial charge on any atom is -0.486 e. The van der Waals surface area contributed by atoms with Crippen LogP contribution in [0.1, 0.15) is 89.9 Å². The van der Waals surface area contributed by atoms with Crippen molar-refractivity contribution in [3.05, 3.63) is 192 Å². The molecule has 0 saturated heterocycles. The van der Waals surface area contributed by atoms with Gasteiger partial charge in [0.15, 0.2) is 67.9 Å². The average molecular weight is 1550 g/mol. The fraction of sp³-hybridized carbons (Fsp3) is 0.239. The molecule has 0 aromatic heterocycles. The minimum absolute atomic E-state index is 0.0405. The molecule has 0 atom stereocenters. The van der Waals surface area contributed by atoms with Crippen molar-refractivity contribution in [2.75, 3.05) is 80.9 Å². The van der Waals surface area contributed by atoms with Gasteiger partial charge >= 0.3 is 0 Å². The van der Waals surface area contributed by atoms with Gasteiger partial charge in [-0.2, -0.15) is 12.6 Å². The van der Waals surface area contributed by atoms with E-state index >= 15 is 0 Å². The third-order valence-electron chi connectivity index (χ3n) is 14.9. The lowest BCUT2D eigenvalue weighted by molar-refractivity contribution is -0.109. The maximum absolute atomic E-state index is 12.6. The number of thioether (sulfide) groups is 2. The quantitative estimate of drug-likeness (QED) is 0.0259. The molecular formula is C71H72N6O20S7. The zero-order valence-corrected chi connectivity index (χ0v) is 62.7. The lowest BCUT2D eigenvalue weighted by Gasteiger charge is -2.19. The molecule has 0 saturated carbocycles. The third kappa shape index (κ3) is 21.2. The Morgan fingerprint density at radius 1 is 0.385 bits per heavy atom. The number of hydrogen-bond acceptors (Lipinski definition) is 25. The summed E-state index contributed by atoms with van der Waals surface area (Å²) in [6, 6.07) is 42.8. The molecule has 0 bridgehead atoms. The summed E-state index contributed by atoms with van der Waals surface area (Å²) in [5, 5.41) is 5.87. The van der Waals surface area contributed by atoms with Crippen LogP contribution in [0.3, 0.4) is 0 Å². The van der Waals surface area contributed by atoms with E-state index < -0.39 is 50.3 Å². The minimum atomic E-state index is -3.81.